The minimum Gasteiger partial charge on any atom is -0.497 e. The zero-order valence-corrected chi connectivity index (χ0v) is 12.7. The minimum atomic E-state index is 0.538. The van der Waals surface area contributed by atoms with Crippen LogP contribution in [0.3, 0.4) is 0 Å². The molecule has 1 heterocycles. The Kier molecular flexibility index (Phi) is 5.68. The first-order chi connectivity index (χ1) is 9.78. The van der Waals surface area contributed by atoms with Crippen LogP contribution in [0.25, 0.3) is 0 Å². The van der Waals surface area contributed by atoms with Crippen molar-refractivity contribution in [3.63, 3.8) is 0 Å². The van der Waals surface area contributed by atoms with Crippen molar-refractivity contribution in [3.05, 3.63) is 23.3 Å². The van der Waals surface area contributed by atoms with E-state index in [0.717, 1.165) is 36.6 Å². The lowest BCUT2D eigenvalue weighted by atomic mass is 9.91. The standard InChI is InChI=1S/C16H25NO3/c1-18-11-14-9-15(19-2)8-13(16(14)20-3)7-12-5-4-6-17-10-12/h8-9,12,17H,4-7,10-11H2,1-3H3. The average Bonchev–Trinajstić information content (AvgIpc) is 2.48. The molecule has 112 valence electrons. The second kappa shape index (κ2) is 7.50. The summed E-state index contributed by atoms with van der Waals surface area (Å²) in [5.74, 6) is 2.48. The molecule has 0 aliphatic carbocycles. The van der Waals surface area contributed by atoms with Gasteiger partial charge < -0.3 is 19.5 Å². The zero-order valence-electron chi connectivity index (χ0n) is 12.7. The second-order valence-electron chi connectivity index (χ2n) is 5.33. The van der Waals surface area contributed by atoms with E-state index in [9.17, 15) is 0 Å². The summed E-state index contributed by atoms with van der Waals surface area (Å²) in [6, 6.07) is 4.08. The summed E-state index contributed by atoms with van der Waals surface area (Å²) in [6.45, 7) is 2.76. The number of ether oxygens (including phenoxy) is 3. The van der Waals surface area contributed by atoms with E-state index in [-0.39, 0.29) is 0 Å². The van der Waals surface area contributed by atoms with Gasteiger partial charge in [0.1, 0.15) is 11.5 Å². The first-order valence-electron chi connectivity index (χ1n) is 7.22. The van der Waals surface area contributed by atoms with E-state index in [1.165, 1.54) is 18.4 Å². The SMILES string of the molecule is COCc1cc(OC)cc(CC2CCCNC2)c1OC. The van der Waals surface area contributed by atoms with Gasteiger partial charge in [0.05, 0.1) is 20.8 Å². The van der Waals surface area contributed by atoms with Crippen molar-refractivity contribution in [1.82, 2.24) is 5.32 Å². The van der Waals surface area contributed by atoms with E-state index < -0.39 is 0 Å². The molecule has 20 heavy (non-hydrogen) atoms. The number of hydrogen-bond acceptors (Lipinski definition) is 4. The molecule has 4 nitrogen and oxygen atoms in total. The molecule has 1 fully saturated rings. The van der Waals surface area contributed by atoms with Crippen LogP contribution in [0.4, 0.5) is 0 Å². The third kappa shape index (κ3) is 3.64. The van der Waals surface area contributed by atoms with Crippen LogP contribution in [0.1, 0.15) is 24.0 Å². The molecule has 1 atom stereocenters. The molecular formula is C16H25NO3. The molecule has 0 aromatic heterocycles. The quantitative estimate of drug-likeness (QED) is 0.868. The van der Waals surface area contributed by atoms with Crippen molar-refractivity contribution < 1.29 is 14.2 Å². The summed E-state index contributed by atoms with van der Waals surface area (Å²) in [6.07, 6.45) is 3.54. The van der Waals surface area contributed by atoms with Gasteiger partial charge in [-0.2, -0.15) is 0 Å². The van der Waals surface area contributed by atoms with Crippen molar-refractivity contribution in [2.75, 3.05) is 34.4 Å². The van der Waals surface area contributed by atoms with Gasteiger partial charge in [-0.15, -0.1) is 0 Å². The summed E-state index contributed by atoms with van der Waals surface area (Å²) in [5, 5.41) is 3.46. The largest absolute Gasteiger partial charge is 0.497 e. The molecule has 1 aliphatic rings. The smallest absolute Gasteiger partial charge is 0.127 e. The van der Waals surface area contributed by atoms with Crippen molar-refractivity contribution in [1.29, 1.82) is 0 Å². The molecule has 1 aliphatic heterocycles. The average molecular weight is 279 g/mol. The molecule has 0 spiro atoms. The van der Waals surface area contributed by atoms with Crippen LogP contribution in [0.15, 0.2) is 12.1 Å². The van der Waals surface area contributed by atoms with Crippen molar-refractivity contribution in [2.45, 2.75) is 25.9 Å². The lowest BCUT2D eigenvalue weighted by Gasteiger charge is -2.24. The highest BCUT2D eigenvalue weighted by atomic mass is 16.5. The molecule has 2 rings (SSSR count). The predicted molar refractivity (Wildman–Crippen MR) is 79.6 cm³/mol. The third-order valence-corrected chi connectivity index (χ3v) is 3.86. The summed E-state index contributed by atoms with van der Waals surface area (Å²) in [7, 11) is 5.12. The van der Waals surface area contributed by atoms with E-state index in [0.29, 0.717) is 12.5 Å². The molecule has 0 radical (unpaired) electrons. The summed E-state index contributed by atoms with van der Waals surface area (Å²) in [4.78, 5) is 0. The summed E-state index contributed by atoms with van der Waals surface area (Å²) < 4.78 is 16.3. The highest BCUT2D eigenvalue weighted by molar-refractivity contribution is 5.47. The number of nitrogens with one attached hydrogen (secondary N) is 1. The lowest BCUT2D eigenvalue weighted by molar-refractivity contribution is 0.181. The predicted octanol–water partition coefficient (Wildman–Crippen LogP) is 2.39. The molecule has 0 amide bonds. The van der Waals surface area contributed by atoms with Crippen LogP contribution in [0.2, 0.25) is 0 Å². The molecule has 1 aromatic rings. The van der Waals surface area contributed by atoms with E-state index in [1.54, 1.807) is 21.3 Å². The maximum atomic E-state index is 5.61. The highest BCUT2D eigenvalue weighted by Gasteiger charge is 2.18. The zero-order chi connectivity index (χ0) is 14.4. The second-order valence-corrected chi connectivity index (χ2v) is 5.33. The Hall–Kier alpha value is -1.26. The molecule has 1 N–H and O–H groups in total. The molecule has 0 bridgehead atoms. The fourth-order valence-corrected chi connectivity index (χ4v) is 2.93. The van der Waals surface area contributed by atoms with Crippen molar-refractivity contribution >= 4 is 0 Å². The van der Waals surface area contributed by atoms with Gasteiger partial charge in [0.15, 0.2) is 0 Å². The molecule has 0 saturated carbocycles. The van der Waals surface area contributed by atoms with Crippen LogP contribution in [0.5, 0.6) is 11.5 Å². The number of benzene rings is 1. The topological polar surface area (TPSA) is 39.7 Å². The van der Waals surface area contributed by atoms with Gasteiger partial charge in [0.25, 0.3) is 0 Å². The van der Waals surface area contributed by atoms with Crippen LogP contribution in [-0.2, 0) is 17.8 Å². The third-order valence-electron chi connectivity index (χ3n) is 3.86. The summed E-state index contributed by atoms with van der Waals surface area (Å²) in [5.41, 5.74) is 2.26. The first-order valence-corrected chi connectivity index (χ1v) is 7.22. The molecular weight excluding hydrogens is 254 g/mol. The van der Waals surface area contributed by atoms with Gasteiger partial charge in [-0.25, -0.2) is 0 Å². The van der Waals surface area contributed by atoms with Crippen molar-refractivity contribution in [3.8, 4) is 11.5 Å². The molecule has 1 unspecified atom stereocenters. The van der Waals surface area contributed by atoms with Crippen LogP contribution in [0, 0.1) is 5.92 Å². The Morgan fingerprint density at radius 1 is 1.15 bits per heavy atom. The van der Waals surface area contributed by atoms with Gasteiger partial charge in [0.2, 0.25) is 0 Å². The maximum absolute atomic E-state index is 5.61. The first kappa shape index (κ1) is 15.1. The van der Waals surface area contributed by atoms with Gasteiger partial charge in [-0.3, -0.25) is 0 Å². The van der Waals surface area contributed by atoms with Crippen LogP contribution >= 0.6 is 0 Å². The minimum absolute atomic E-state index is 0.538. The fraction of sp³-hybridized carbons (Fsp3) is 0.625. The van der Waals surface area contributed by atoms with Gasteiger partial charge in [-0.1, -0.05) is 0 Å². The van der Waals surface area contributed by atoms with Crippen LogP contribution in [-0.4, -0.2) is 34.4 Å². The number of hydrogen-bond donors (Lipinski definition) is 1. The normalized spacial score (nSPS) is 18.9. The van der Waals surface area contributed by atoms with E-state index >= 15 is 0 Å². The summed E-state index contributed by atoms with van der Waals surface area (Å²) >= 11 is 0. The van der Waals surface area contributed by atoms with Crippen molar-refractivity contribution in [2.24, 2.45) is 5.92 Å². The van der Waals surface area contributed by atoms with Gasteiger partial charge in [0, 0.05) is 12.7 Å². The van der Waals surface area contributed by atoms with Crippen LogP contribution < -0.4 is 14.8 Å². The number of piperidine rings is 1. The van der Waals surface area contributed by atoms with E-state index in [1.807, 2.05) is 6.07 Å². The Labute approximate surface area is 121 Å². The number of rotatable bonds is 6. The monoisotopic (exact) mass is 279 g/mol. The van der Waals surface area contributed by atoms with Gasteiger partial charge in [-0.05, 0) is 56.0 Å². The Morgan fingerprint density at radius 3 is 2.55 bits per heavy atom. The number of methoxy groups -OCH3 is 3. The lowest BCUT2D eigenvalue weighted by Crippen LogP contribution is -2.31. The fourth-order valence-electron chi connectivity index (χ4n) is 2.93. The molecule has 1 saturated heterocycles. The Morgan fingerprint density at radius 2 is 1.95 bits per heavy atom. The van der Waals surface area contributed by atoms with E-state index in [4.69, 9.17) is 14.2 Å². The highest BCUT2D eigenvalue weighted by Crippen LogP contribution is 2.32. The maximum Gasteiger partial charge on any atom is 0.127 e. The molecule has 4 heteroatoms. The molecule has 1 aromatic carbocycles. The van der Waals surface area contributed by atoms with E-state index in [2.05, 4.69) is 11.4 Å². The van der Waals surface area contributed by atoms with Gasteiger partial charge >= 0.3 is 0 Å². The Balaban J connectivity index is 2.25. The Bertz CT molecular complexity index is 428.